The van der Waals surface area contributed by atoms with Crippen molar-refractivity contribution in [2.45, 2.75) is 27.3 Å². The quantitative estimate of drug-likeness (QED) is 0.689. The summed E-state index contributed by atoms with van der Waals surface area (Å²) in [6.45, 7) is 5.79. The summed E-state index contributed by atoms with van der Waals surface area (Å²) < 4.78 is 1.66. The van der Waals surface area contributed by atoms with E-state index in [1.54, 1.807) is 36.7 Å². The van der Waals surface area contributed by atoms with Crippen molar-refractivity contribution in [2.24, 2.45) is 11.1 Å². The van der Waals surface area contributed by atoms with Crippen LogP contribution in [0, 0.1) is 12.3 Å². The van der Waals surface area contributed by atoms with Crippen molar-refractivity contribution in [2.75, 3.05) is 6.54 Å². The van der Waals surface area contributed by atoms with Gasteiger partial charge >= 0.3 is 0 Å². The highest BCUT2D eigenvalue weighted by atomic mass is 35.5. The maximum Gasteiger partial charge on any atom is 0.244 e. The summed E-state index contributed by atoms with van der Waals surface area (Å²) in [6, 6.07) is 7.41. The van der Waals surface area contributed by atoms with Gasteiger partial charge in [-0.3, -0.25) is 9.59 Å². The lowest BCUT2D eigenvalue weighted by molar-refractivity contribution is -0.126. The fraction of sp³-hybridized carbons (Fsp3) is 0.316. The molecule has 3 N–H and O–H groups in total. The number of carbonyl (C=O) groups excluding carboxylic acids is 2. The highest BCUT2D eigenvalue weighted by Crippen LogP contribution is 2.22. The molecule has 2 rings (SSSR count). The van der Waals surface area contributed by atoms with E-state index in [0.717, 1.165) is 5.56 Å². The zero-order valence-corrected chi connectivity index (χ0v) is 16.9. The van der Waals surface area contributed by atoms with Gasteiger partial charge in [-0.25, -0.2) is 4.68 Å². The number of amides is 2. The molecule has 0 aliphatic heterocycles. The van der Waals surface area contributed by atoms with Crippen LogP contribution < -0.4 is 11.1 Å². The first-order valence-corrected chi connectivity index (χ1v) is 9.09. The van der Waals surface area contributed by atoms with E-state index >= 15 is 0 Å². The van der Waals surface area contributed by atoms with E-state index in [-0.39, 0.29) is 12.5 Å². The van der Waals surface area contributed by atoms with Crippen molar-refractivity contribution in [3.8, 4) is 0 Å². The molecule has 0 aliphatic carbocycles. The summed E-state index contributed by atoms with van der Waals surface area (Å²) in [5.74, 6) is -0.820. The van der Waals surface area contributed by atoms with Gasteiger partial charge in [-0.1, -0.05) is 35.3 Å². The summed E-state index contributed by atoms with van der Waals surface area (Å²) in [4.78, 5) is 23.3. The predicted octanol–water partition coefficient (Wildman–Crippen LogP) is 3.19. The molecule has 1 aromatic heterocycles. The summed E-state index contributed by atoms with van der Waals surface area (Å²) in [6.07, 6.45) is 2.97. The van der Waals surface area contributed by atoms with Gasteiger partial charge in [0, 0.05) is 23.2 Å². The second-order valence-electron chi connectivity index (χ2n) is 6.87. The first-order chi connectivity index (χ1) is 12.6. The van der Waals surface area contributed by atoms with Crippen LogP contribution in [0.2, 0.25) is 10.2 Å². The van der Waals surface area contributed by atoms with Gasteiger partial charge in [0.05, 0.1) is 17.7 Å². The summed E-state index contributed by atoms with van der Waals surface area (Å²) in [5.41, 5.74) is 6.84. The van der Waals surface area contributed by atoms with Gasteiger partial charge in [-0.05, 0) is 44.5 Å². The molecule has 0 aliphatic rings. The Bertz CT molecular complexity index is 871. The van der Waals surface area contributed by atoms with Crippen molar-refractivity contribution < 1.29 is 9.59 Å². The number of aromatic nitrogens is 2. The Morgan fingerprint density at radius 2 is 1.89 bits per heavy atom. The summed E-state index contributed by atoms with van der Waals surface area (Å²) in [7, 11) is 0. The van der Waals surface area contributed by atoms with Gasteiger partial charge < -0.3 is 11.1 Å². The smallest absolute Gasteiger partial charge is 0.244 e. The van der Waals surface area contributed by atoms with E-state index in [0.29, 0.717) is 28.0 Å². The second-order valence-corrected chi connectivity index (χ2v) is 7.67. The number of nitrogens with two attached hydrogens (primary N) is 1. The first-order valence-electron chi connectivity index (χ1n) is 8.33. The van der Waals surface area contributed by atoms with Crippen LogP contribution in [-0.2, 0) is 16.1 Å². The van der Waals surface area contributed by atoms with E-state index < -0.39 is 11.3 Å². The lowest BCUT2D eigenvalue weighted by atomic mass is 9.93. The molecule has 0 bridgehead atoms. The average molecular weight is 409 g/mol. The molecule has 0 unspecified atom stereocenters. The van der Waals surface area contributed by atoms with Crippen LogP contribution in [0.25, 0.3) is 6.08 Å². The lowest BCUT2D eigenvalue weighted by Gasteiger charge is -2.19. The molecule has 0 spiro atoms. The van der Waals surface area contributed by atoms with Gasteiger partial charge in [0.1, 0.15) is 5.15 Å². The number of aryl methyl sites for hydroxylation is 1. The fourth-order valence-electron chi connectivity index (χ4n) is 2.24. The van der Waals surface area contributed by atoms with Crippen LogP contribution in [0.15, 0.2) is 30.3 Å². The number of hydrogen-bond donors (Lipinski definition) is 2. The summed E-state index contributed by atoms with van der Waals surface area (Å²) >= 11 is 12.3. The topological polar surface area (TPSA) is 90.0 Å². The van der Waals surface area contributed by atoms with E-state index in [1.807, 2.05) is 19.1 Å². The molecule has 0 atom stereocenters. The molecule has 0 saturated heterocycles. The van der Waals surface area contributed by atoms with E-state index in [4.69, 9.17) is 28.9 Å². The minimum atomic E-state index is -0.819. The zero-order chi connectivity index (χ0) is 20.2. The average Bonchev–Trinajstić information content (AvgIpc) is 2.86. The van der Waals surface area contributed by atoms with Crippen molar-refractivity contribution in [1.29, 1.82) is 0 Å². The Balaban J connectivity index is 2.07. The molecular weight excluding hydrogens is 387 g/mol. The van der Waals surface area contributed by atoms with Crippen molar-refractivity contribution >= 4 is 41.1 Å². The van der Waals surface area contributed by atoms with Gasteiger partial charge in [0.25, 0.3) is 0 Å². The highest BCUT2D eigenvalue weighted by Gasteiger charge is 2.25. The van der Waals surface area contributed by atoms with E-state index in [1.165, 1.54) is 6.08 Å². The minimum Gasteiger partial charge on any atom is -0.369 e. The molecule has 0 saturated carbocycles. The molecule has 8 heteroatoms. The fourth-order valence-corrected chi connectivity index (χ4v) is 2.66. The third kappa shape index (κ3) is 5.58. The standard InChI is InChI=1S/C19H22Cl2N4O2/c1-12-15(8-9-16(26)23-11-19(2,3)18(22)27)17(21)25(24-12)10-13-4-6-14(20)7-5-13/h4-9H,10-11H2,1-3H3,(H2,22,27)(H,23,26). The largest absolute Gasteiger partial charge is 0.369 e. The molecule has 2 amide bonds. The molecule has 1 aromatic carbocycles. The zero-order valence-electron chi connectivity index (χ0n) is 15.4. The van der Waals surface area contributed by atoms with Crippen molar-refractivity contribution in [3.05, 3.63) is 57.3 Å². The van der Waals surface area contributed by atoms with Crippen LogP contribution >= 0.6 is 23.2 Å². The molecule has 0 fully saturated rings. The number of benzene rings is 1. The Labute approximate surface area is 168 Å². The first kappa shape index (κ1) is 21.0. The monoisotopic (exact) mass is 408 g/mol. The predicted molar refractivity (Wildman–Crippen MR) is 108 cm³/mol. The number of nitrogens with zero attached hydrogens (tertiary/aromatic N) is 2. The van der Waals surface area contributed by atoms with Crippen LogP contribution in [0.5, 0.6) is 0 Å². The third-order valence-electron chi connectivity index (χ3n) is 4.13. The van der Waals surface area contributed by atoms with Gasteiger partial charge in [0.15, 0.2) is 0 Å². The summed E-state index contributed by atoms with van der Waals surface area (Å²) in [5, 5.41) is 8.17. The van der Waals surface area contributed by atoms with Crippen LogP contribution in [0.1, 0.15) is 30.7 Å². The molecule has 6 nitrogen and oxygen atoms in total. The van der Waals surface area contributed by atoms with Crippen LogP contribution in [0.3, 0.4) is 0 Å². The van der Waals surface area contributed by atoms with Gasteiger partial charge in [-0.2, -0.15) is 5.10 Å². The number of halogens is 2. The normalized spacial score (nSPS) is 11.7. The van der Waals surface area contributed by atoms with Gasteiger partial charge in [0.2, 0.25) is 11.8 Å². The van der Waals surface area contributed by atoms with Crippen LogP contribution in [0.4, 0.5) is 0 Å². The molecule has 144 valence electrons. The SMILES string of the molecule is Cc1nn(Cc2ccc(Cl)cc2)c(Cl)c1C=CC(=O)NCC(C)(C)C(N)=O. The van der Waals surface area contributed by atoms with Crippen molar-refractivity contribution in [3.63, 3.8) is 0 Å². The van der Waals surface area contributed by atoms with Gasteiger partial charge in [-0.15, -0.1) is 0 Å². The Kier molecular flexibility index (Phi) is 6.68. The highest BCUT2D eigenvalue weighted by molar-refractivity contribution is 6.31. The number of nitrogens with one attached hydrogen (secondary N) is 1. The Morgan fingerprint density at radius 3 is 2.48 bits per heavy atom. The Hall–Kier alpha value is -2.31. The third-order valence-corrected chi connectivity index (χ3v) is 4.78. The minimum absolute atomic E-state index is 0.147. The van der Waals surface area contributed by atoms with Crippen LogP contribution in [-0.4, -0.2) is 28.1 Å². The van der Waals surface area contributed by atoms with Crippen molar-refractivity contribution in [1.82, 2.24) is 15.1 Å². The second kappa shape index (κ2) is 8.59. The molecule has 0 radical (unpaired) electrons. The van der Waals surface area contributed by atoms with E-state index in [2.05, 4.69) is 10.4 Å². The molecular formula is C19H22Cl2N4O2. The lowest BCUT2D eigenvalue weighted by Crippen LogP contribution is -2.41. The van der Waals surface area contributed by atoms with E-state index in [9.17, 15) is 9.59 Å². The Morgan fingerprint density at radius 1 is 1.26 bits per heavy atom. The number of primary amides is 1. The maximum atomic E-state index is 12.0. The molecule has 1 heterocycles. The molecule has 27 heavy (non-hydrogen) atoms. The number of hydrogen-bond acceptors (Lipinski definition) is 3. The maximum absolute atomic E-state index is 12.0. The molecule has 2 aromatic rings. The number of rotatable bonds is 7. The number of carbonyl (C=O) groups is 2.